The number of amides is 1. The molecule has 3 aliphatic heterocycles. The molecular formula is C25H32ClN3O4. The summed E-state index contributed by atoms with van der Waals surface area (Å²) in [6, 6.07) is 6.03. The van der Waals surface area contributed by atoms with E-state index < -0.39 is 12.2 Å². The number of fused-ring (bicyclic) bond motifs is 1. The van der Waals surface area contributed by atoms with Gasteiger partial charge in [0.2, 0.25) is 0 Å². The Morgan fingerprint density at radius 2 is 2.03 bits per heavy atom. The van der Waals surface area contributed by atoms with Gasteiger partial charge in [0.05, 0.1) is 24.9 Å². The number of likely N-dealkylation sites (tertiary alicyclic amines) is 1. The molecule has 2 aromatic rings. The van der Waals surface area contributed by atoms with E-state index >= 15 is 0 Å². The zero-order valence-corrected chi connectivity index (χ0v) is 19.8. The number of pyridine rings is 1. The Morgan fingerprint density at radius 1 is 1.21 bits per heavy atom. The van der Waals surface area contributed by atoms with Gasteiger partial charge in [-0.25, -0.2) is 4.98 Å². The zero-order chi connectivity index (χ0) is 23.0. The van der Waals surface area contributed by atoms with E-state index in [1.54, 1.807) is 6.20 Å². The lowest BCUT2D eigenvalue weighted by Crippen LogP contribution is -2.56. The molecule has 0 saturated carbocycles. The highest BCUT2D eigenvalue weighted by molar-refractivity contribution is 6.32. The van der Waals surface area contributed by atoms with Crippen molar-refractivity contribution in [3.05, 3.63) is 35.0 Å². The molecule has 33 heavy (non-hydrogen) atoms. The molecule has 7 nitrogen and oxygen atoms in total. The van der Waals surface area contributed by atoms with E-state index in [-0.39, 0.29) is 11.4 Å². The van der Waals surface area contributed by atoms with Crippen molar-refractivity contribution in [3.63, 3.8) is 0 Å². The summed E-state index contributed by atoms with van der Waals surface area (Å²) in [5.41, 5.74) is 0.829. The third-order valence-electron chi connectivity index (χ3n) is 7.61. The second-order valence-electron chi connectivity index (χ2n) is 9.78. The van der Waals surface area contributed by atoms with Gasteiger partial charge in [-0.05, 0) is 87.2 Å². The van der Waals surface area contributed by atoms with Crippen molar-refractivity contribution in [2.75, 3.05) is 38.2 Å². The van der Waals surface area contributed by atoms with Crippen LogP contribution in [0.15, 0.2) is 24.4 Å². The second-order valence-corrected chi connectivity index (χ2v) is 10.2. The monoisotopic (exact) mass is 473 g/mol. The number of aliphatic hydroxyl groups is 1. The number of ether oxygens (including phenoxy) is 2. The van der Waals surface area contributed by atoms with Crippen LogP contribution in [0.3, 0.4) is 0 Å². The summed E-state index contributed by atoms with van der Waals surface area (Å²) in [6.45, 7) is 5.50. The Balaban J connectivity index is 1.30. The van der Waals surface area contributed by atoms with Crippen molar-refractivity contribution in [1.29, 1.82) is 0 Å². The summed E-state index contributed by atoms with van der Waals surface area (Å²) < 4.78 is 11.1. The van der Waals surface area contributed by atoms with Gasteiger partial charge < -0.3 is 19.9 Å². The van der Waals surface area contributed by atoms with Crippen molar-refractivity contribution in [2.45, 2.75) is 62.7 Å². The van der Waals surface area contributed by atoms with Gasteiger partial charge in [0.1, 0.15) is 11.9 Å². The summed E-state index contributed by atoms with van der Waals surface area (Å²) in [5, 5.41) is 16.0. The number of hydrogen-bond acceptors (Lipinski definition) is 6. The van der Waals surface area contributed by atoms with Gasteiger partial charge in [0.25, 0.3) is 5.91 Å². The first-order valence-corrected chi connectivity index (χ1v) is 12.3. The highest BCUT2D eigenvalue weighted by Gasteiger charge is 2.45. The average molecular weight is 474 g/mol. The van der Waals surface area contributed by atoms with Crippen LogP contribution in [0.1, 0.15) is 50.5 Å². The molecule has 0 radical (unpaired) electrons. The number of carbonyl (C=O) groups excluding carboxylic acids is 1. The van der Waals surface area contributed by atoms with Crippen LogP contribution in [0.5, 0.6) is 0 Å². The first-order chi connectivity index (χ1) is 15.9. The number of piperidine rings is 1. The number of hydrogen-bond donors (Lipinski definition) is 2. The quantitative estimate of drug-likeness (QED) is 0.704. The van der Waals surface area contributed by atoms with Gasteiger partial charge in [0.15, 0.2) is 0 Å². The number of nitrogens with zero attached hydrogens (tertiary/aromatic N) is 2. The molecule has 3 atom stereocenters. The maximum atomic E-state index is 12.5. The fraction of sp³-hybridized carbons (Fsp3) is 0.600. The van der Waals surface area contributed by atoms with Gasteiger partial charge in [-0.2, -0.15) is 0 Å². The first-order valence-electron chi connectivity index (χ1n) is 12.0. The topological polar surface area (TPSA) is 83.9 Å². The normalized spacial score (nSPS) is 29.4. The van der Waals surface area contributed by atoms with Crippen LogP contribution in [0.4, 0.5) is 5.82 Å². The Bertz CT molecular complexity index is 1020. The van der Waals surface area contributed by atoms with Crippen LogP contribution in [0.25, 0.3) is 10.8 Å². The van der Waals surface area contributed by atoms with Gasteiger partial charge >= 0.3 is 0 Å². The number of anilines is 1. The smallest absolute Gasteiger partial charge is 0.254 e. The van der Waals surface area contributed by atoms with Crippen LogP contribution in [0.2, 0.25) is 5.02 Å². The van der Waals surface area contributed by atoms with Crippen molar-refractivity contribution < 1.29 is 19.4 Å². The lowest BCUT2D eigenvalue weighted by molar-refractivity contribution is -0.130. The Morgan fingerprint density at radius 3 is 2.73 bits per heavy atom. The summed E-state index contributed by atoms with van der Waals surface area (Å²) in [6.07, 6.45) is 5.63. The van der Waals surface area contributed by atoms with E-state index in [1.165, 1.54) is 0 Å². The molecule has 2 N–H and O–H groups in total. The van der Waals surface area contributed by atoms with Gasteiger partial charge in [-0.1, -0.05) is 11.6 Å². The molecular weight excluding hydrogens is 442 g/mol. The van der Waals surface area contributed by atoms with E-state index in [0.29, 0.717) is 31.6 Å². The molecule has 3 aliphatic rings. The van der Waals surface area contributed by atoms with Crippen LogP contribution >= 0.6 is 11.6 Å². The van der Waals surface area contributed by atoms with E-state index in [4.69, 9.17) is 21.1 Å². The fourth-order valence-electron chi connectivity index (χ4n) is 5.38. The van der Waals surface area contributed by atoms with Gasteiger partial charge in [-0.3, -0.25) is 9.69 Å². The maximum absolute atomic E-state index is 12.5. The molecule has 178 valence electrons. The molecule has 1 aromatic heterocycles. The lowest BCUT2D eigenvalue weighted by Gasteiger charge is -2.43. The van der Waals surface area contributed by atoms with Gasteiger partial charge in [-0.15, -0.1) is 0 Å². The maximum Gasteiger partial charge on any atom is 0.254 e. The molecule has 4 heterocycles. The molecule has 0 spiro atoms. The lowest BCUT2D eigenvalue weighted by atomic mass is 9.85. The van der Waals surface area contributed by atoms with Crippen LogP contribution in [-0.2, 0) is 14.3 Å². The predicted octanol–water partition coefficient (Wildman–Crippen LogP) is 3.73. The van der Waals surface area contributed by atoms with Crippen molar-refractivity contribution in [3.8, 4) is 0 Å². The minimum absolute atomic E-state index is 0.130. The molecule has 0 unspecified atom stereocenters. The summed E-state index contributed by atoms with van der Waals surface area (Å²) in [4.78, 5) is 19.3. The van der Waals surface area contributed by atoms with E-state index in [0.717, 1.165) is 66.6 Å². The Labute approximate surface area is 199 Å². The van der Waals surface area contributed by atoms with Crippen LogP contribution in [-0.4, -0.2) is 71.6 Å². The van der Waals surface area contributed by atoms with Crippen LogP contribution < -0.4 is 5.32 Å². The SMILES string of the molecule is C[C@@]1(N2CCC(c3cc4cc(NC(=O)[C@@H]5CCCCO5)ncc4cc3Cl)CC2)COC[C@@H]1O. The molecule has 5 rings (SSSR count). The summed E-state index contributed by atoms with van der Waals surface area (Å²) in [5.74, 6) is 0.755. The molecule has 0 bridgehead atoms. The molecule has 3 saturated heterocycles. The number of carbonyl (C=O) groups is 1. The molecule has 0 aliphatic carbocycles. The van der Waals surface area contributed by atoms with E-state index in [9.17, 15) is 9.90 Å². The van der Waals surface area contributed by atoms with Gasteiger partial charge in [0, 0.05) is 23.2 Å². The first kappa shape index (κ1) is 23.0. The third-order valence-corrected chi connectivity index (χ3v) is 7.93. The number of aliphatic hydroxyl groups excluding tert-OH is 1. The van der Waals surface area contributed by atoms with Crippen molar-refractivity contribution in [1.82, 2.24) is 9.88 Å². The minimum atomic E-state index is -0.446. The number of halogens is 1. The molecule has 1 amide bonds. The predicted molar refractivity (Wildman–Crippen MR) is 128 cm³/mol. The number of aromatic nitrogens is 1. The highest BCUT2D eigenvalue weighted by Crippen LogP contribution is 2.38. The number of benzene rings is 1. The van der Waals surface area contributed by atoms with Crippen molar-refractivity contribution in [2.24, 2.45) is 0 Å². The van der Waals surface area contributed by atoms with Crippen molar-refractivity contribution >= 4 is 34.1 Å². The third kappa shape index (κ3) is 4.62. The highest BCUT2D eigenvalue weighted by atomic mass is 35.5. The molecule has 8 heteroatoms. The minimum Gasteiger partial charge on any atom is -0.389 e. The Hall–Kier alpha value is -1.77. The Kier molecular flexibility index (Phi) is 6.60. The zero-order valence-electron chi connectivity index (χ0n) is 19.1. The molecule has 3 fully saturated rings. The molecule has 1 aromatic carbocycles. The standard InChI is InChI=1S/C25H32ClN3O4/c1-25(15-32-14-22(25)30)29-7-5-16(6-8-29)19-10-17-12-23(27-13-18(17)11-20(19)26)28-24(31)21-4-2-3-9-33-21/h10-13,16,21-22,30H,2-9,14-15H2,1H3,(H,27,28,31)/t21-,22-,25+/m0/s1. The fourth-order valence-corrected chi connectivity index (χ4v) is 5.70. The number of nitrogens with one attached hydrogen (secondary N) is 1. The average Bonchev–Trinajstić information content (AvgIpc) is 3.18. The van der Waals surface area contributed by atoms with Crippen LogP contribution in [0, 0.1) is 0 Å². The van der Waals surface area contributed by atoms with E-state index in [1.807, 2.05) is 12.1 Å². The summed E-state index contributed by atoms with van der Waals surface area (Å²) in [7, 11) is 0. The summed E-state index contributed by atoms with van der Waals surface area (Å²) >= 11 is 6.69. The second kappa shape index (κ2) is 9.47. The number of rotatable bonds is 4. The largest absolute Gasteiger partial charge is 0.389 e. The van der Waals surface area contributed by atoms with E-state index in [2.05, 4.69) is 28.2 Å².